The van der Waals surface area contributed by atoms with Gasteiger partial charge in [0.25, 0.3) is 0 Å². The van der Waals surface area contributed by atoms with Gasteiger partial charge in [-0.2, -0.15) is 0 Å². The van der Waals surface area contributed by atoms with E-state index in [-0.39, 0.29) is 5.41 Å². The number of hydrogen-bond acceptors (Lipinski definition) is 3. The van der Waals surface area contributed by atoms with Crippen LogP contribution < -0.4 is 14.6 Å². The maximum absolute atomic E-state index is 6.93. The first-order valence-corrected chi connectivity index (χ1v) is 22.1. The molecule has 0 saturated carbocycles. The van der Waals surface area contributed by atoms with Gasteiger partial charge in [0.2, 0.25) is 0 Å². The van der Waals surface area contributed by atoms with Crippen LogP contribution in [0.2, 0.25) is 0 Å². The van der Waals surface area contributed by atoms with Crippen LogP contribution in [-0.4, -0.2) is 31.7 Å². The summed E-state index contributed by atoms with van der Waals surface area (Å²) in [7, 11) is 0. The molecule has 0 saturated heterocycles. The molecule has 0 aliphatic heterocycles. The standard InChI is InChI=1S/C32H35N2O.2C6H5.Bi/c1-21(2)23-11-13-33-30(18-23)25-9-8-10-28(16-25)35-29-17-26(15-27(20-29)32(5,6)7)31-19-24(22(3)4)12-14-34-31;2*1-2-4-6-5-3-1;/h9-22H,1-7H3;2*1-5H;. The average molecular weight is 827 g/mol. The quantitative estimate of drug-likeness (QED) is 0.136. The van der Waals surface area contributed by atoms with E-state index in [0.29, 0.717) is 11.8 Å². The second kappa shape index (κ2) is 14.5. The minimum atomic E-state index is -2.73. The third kappa shape index (κ3) is 7.93. The molecule has 0 bridgehead atoms. The van der Waals surface area contributed by atoms with Gasteiger partial charge >= 0.3 is 296 Å². The van der Waals surface area contributed by atoms with Crippen LogP contribution in [0.3, 0.4) is 0 Å². The van der Waals surface area contributed by atoms with E-state index in [9.17, 15) is 0 Å². The molecule has 6 rings (SSSR count). The Kier molecular flexibility index (Phi) is 10.2. The van der Waals surface area contributed by atoms with Crippen molar-refractivity contribution in [3.8, 4) is 34.0 Å². The molecule has 2 heterocycles. The van der Waals surface area contributed by atoms with Crippen LogP contribution in [0.5, 0.6) is 11.5 Å². The van der Waals surface area contributed by atoms with Crippen molar-refractivity contribution in [2.24, 2.45) is 0 Å². The summed E-state index contributed by atoms with van der Waals surface area (Å²) in [4.78, 5) is 9.66. The molecule has 4 heteroatoms. The molecular weight excluding hydrogens is 781 g/mol. The molecule has 0 amide bonds. The fourth-order valence-electron chi connectivity index (χ4n) is 5.82. The van der Waals surface area contributed by atoms with E-state index in [4.69, 9.17) is 14.7 Å². The average Bonchev–Trinajstić information content (AvgIpc) is 3.09. The van der Waals surface area contributed by atoms with Gasteiger partial charge in [-0.3, -0.25) is 0 Å². The van der Waals surface area contributed by atoms with E-state index in [1.54, 1.807) is 0 Å². The Morgan fingerprint density at radius 3 is 1.48 bits per heavy atom. The predicted octanol–water partition coefficient (Wildman–Crippen LogP) is 9.66. The number of hydrogen-bond donors (Lipinski definition) is 0. The van der Waals surface area contributed by atoms with Crippen molar-refractivity contribution in [3.63, 3.8) is 0 Å². The minimum absolute atomic E-state index is 0.0696. The second-order valence-corrected chi connectivity index (χ2v) is 22.7. The summed E-state index contributed by atoms with van der Waals surface area (Å²) in [6.07, 6.45) is 3.85. The van der Waals surface area contributed by atoms with Crippen LogP contribution in [0.1, 0.15) is 77.0 Å². The number of benzene rings is 4. The van der Waals surface area contributed by atoms with E-state index in [1.807, 2.05) is 12.4 Å². The first kappa shape index (κ1) is 33.8. The Balaban J connectivity index is 1.52. The zero-order valence-corrected chi connectivity index (χ0v) is 32.6. The third-order valence-corrected chi connectivity index (χ3v) is 18.0. The molecule has 3 nitrogen and oxygen atoms in total. The van der Waals surface area contributed by atoms with Crippen molar-refractivity contribution < 1.29 is 4.74 Å². The van der Waals surface area contributed by atoms with Gasteiger partial charge in [-0.05, 0) is 0 Å². The summed E-state index contributed by atoms with van der Waals surface area (Å²) in [5, 5.41) is 0. The molecule has 6 aromatic rings. The van der Waals surface area contributed by atoms with E-state index in [0.717, 1.165) is 34.0 Å². The molecule has 48 heavy (non-hydrogen) atoms. The van der Waals surface area contributed by atoms with E-state index in [2.05, 4.69) is 170 Å². The van der Waals surface area contributed by atoms with Gasteiger partial charge in [0.15, 0.2) is 0 Å². The molecule has 4 aromatic carbocycles. The number of pyridine rings is 2. The maximum atomic E-state index is 6.93. The first-order chi connectivity index (χ1) is 23.0. The van der Waals surface area contributed by atoms with Crippen molar-refractivity contribution in [2.75, 3.05) is 0 Å². The molecule has 0 spiro atoms. The van der Waals surface area contributed by atoms with E-state index in [1.165, 1.54) is 26.5 Å². The Hall–Kier alpha value is -4.14. The molecule has 0 N–H and O–H groups in total. The van der Waals surface area contributed by atoms with E-state index < -0.39 is 21.8 Å². The molecule has 0 aliphatic carbocycles. The Morgan fingerprint density at radius 2 is 1.00 bits per heavy atom. The summed E-state index contributed by atoms with van der Waals surface area (Å²) in [5.41, 5.74) is 7.76. The fraction of sp³-hybridized carbons (Fsp3) is 0.227. The summed E-state index contributed by atoms with van der Waals surface area (Å²) >= 11 is -2.73. The molecule has 2 aromatic heterocycles. The topological polar surface area (TPSA) is 35.0 Å². The molecule has 0 fully saturated rings. The predicted molar refractivity (Wildman–Crippen MR) is 204 cm³/mol. The number of nitrogens with zero attached hydrogens (tertiary/aromatic N) is 2. The summed E-state index contributed by atoms with van der Waals surface area (Å²) in [5.74, 6) is 2.47. The van der Waals surface area contributed by atoms with Crippen molar-refractivity contribution in [2.45, 2.75) is 65.7 Å². The zero-order valence-electron chi connectivity index (χ0n) is 29.1. The number of aromatic nitrogens is 2. The van der Waals surface area contributed by atoms with Gasteiger partial charge in [0, 0.05) is 0 Å². The van der Waals surface area contributed by atoms with Gasteiger partial charge in [0.1, 0.15) is 0 Å². The molecule has 0 aliphatic rings. The molecule has 0 unspecified atom stereocenters. The van der Waals surface area contributed by atoms with Crippen molar-refractivity contribution in [1.82, 2.24) is 9.97 Å². The van der Waals surface area contributed by atoms with Gasteiger partial charge in [-0.25, -0.2) is 0 Å². The SMILES string of the molecule is CC(C)c1ccnc(-c2cc(Oc3cc(-c4cc(C(C)C)ccn4)cc(C(C)(C)C)c3)c[c]([Bi]([c]3ccccc3)[c]3ccccc3)c2)c1. The zero-order chi connectivity index (χ0) is 33.8. The van der Waals surface area contributed by atoms with Gasteiger partial charge in [-0.15, -0.1) is 0 Å². The number of ether oxygens (including phenoxy) is 1. The van der Waals surface area contributed by atoms with Crippen LogP contribution in [0.25, 0.3) is 22.5 Å². The fourth-order valence-corrected chi connectivity index (χ4v) is 15.0. The van der Waals surface area contributed by atoms with Gasteiger partial charge < -0.3 is 0 Å². The Morgan fingerprint density at radius 1 is 0.521 bits per heavy atom. The van der Waals surface area contributed by atoms with Crippen molar-refractivity contribution >= 4 is 31.6 Å². The number of rotatable bonds is 9. The second-order valence-electron chi connectivity index (χ2n) is 14.1. The monoisotopic (exact) mass is 826 g/mol. The van der Waals surface area contributed by atoms with E-state index >= 15 is 0 Å². The molecule has 0 atom stereocenters. The van der Waals surface area contributed by atoms with Gasteiger partial charge in [0.05, 0.1) is 0 Å². The summed E-state index contributed by atoms with van der Waals surface area (Å²) in [6.45, 7) is 15.6. The summed E-state index contributed by atoms with van der Waals surface area (Å²) < 4.78 is 11.1. The Bertz CT molecular complexity index is 1960. The van der Waals surface area contributed by atoms with Crippen LogP contribution in [-0.2, 0) is 5.41 Å². The van der Waals surface area contributed by atoms with Crippen molar-refractivity contribution in [1.29, 1.82) is 0 Å². The van der Waals surface area contributed by atoms with Crippen molar-refractivity contribution in [3.05, 3.63) is 150 Å². The normalized spacial score (nSPS) is 11.8. The van der Waals surface area contributed by atoms with Crippen LogP contribution in [0.4, 0.5) is 0 Å². The first-order valence-electron chi connectivity index (χ1n) is 16.9. The summed E-state index contributed by atoms with van der Waals surface area (Å²) in [6, 6.07) is 44.1. The molecular formula is C44H45BiN2O. The van der Waals surface area contributed by atoms with Gasteiger partial charge in [-0.1, -0.05) is 0 Å². The van der Waals surface area contributed by atoms with Crippen LogP contribution in [0.15, 0.2) is 134 Å². The Labute approximate surface area is 294 Å². The third-order valence-electron chi connectivity index (χ3n) is 8.68. The van der Waals surface area contributed by atoms with Crippen LogP contribution in [0, 0.1) is 0 Å². The van der Waals surface area contributed by atoms with Crippen LogP contribution >= 0.6 is 0 Å². The molecule has 0 radical (unpaired) electrons. The molecule has 242 valence electrons.